The SMILES string of the molecule is CN(C)Cn1cc(C#N)c2cccnc21. The molecule has 2 aromatic rings. The Morgan fingerprint density at radius 3 is 3.00 bits per heavy atom. The second-order valence-corrected chi connectivity index (χ2v) is 3.72. The molecule has 0 unspecified atom stereocenters. The lowest BCUT2D eigenvalue weighted by Crippen LogP contribution is -2.16. The number of rotatable bonds is 2. The average molecular weight is 200 g/mol. The quantitative estimate of drug-likeness (QED) is 0.736. The van der Waals surface area contributed by atoms with Crippen molar-refractivity contribution in [1.82, 2.24) is 14.5 Å². The van der Waals surface area contributed by atoms with Gasteiger partial charge in [0.05, 0.1) is 12.2 Å². The Morgan fingerprint density at radius 1 is 1.53 bits per heavy atom. The number of pyridine rings is 1. The monoisotopic (exact) mass is 200 g/mol. The fourth-order valence-corrected chi connectivity index (χ4v) is 1.62. The zero-order valence-corrected chi connectivity index (χ0v) is 8.81. The molecule has 0 atom stereocenters. The van der Waals surface area contributed by atoms with E-state index in [4.69, 9.17) is 5.26 Å². The van der Waals surface area contributed by atoms with Gasteiger partial charge in [-0.2, -0.15) is 5.26 Å². The van der Waals surface area contributed by atoms with E-state index >= 15 is 0 Å². The van der Waals surface area contributed by atoms with Gasteiger partial charge < -0.3 is 4.57 Å². The van der Waals surface area contributed by atoms with Gasteiger partial charge in [-0.3, -0.25) is 4.90 Å². The van der Waals surface area contributed by atoms with Gasteiger partial charge in [-0.1, -0.05) is 0 Å². The van der Waals surface area contributed by atoms with Gasteiger partial charge in [0.15, 0.2) is 0 Å². The first-order chi connectivity index (χ1) is 7.22. The van der Waals surface area contributed by atoms with Crippen LogP contribution in [0.4, 0.5) is 0 Å². The fraction of sp³-hybridized carbons (Fsp3) is 0.273. The minimum absolute atomic E-state index is 0.681. The molecular formula is C11H12N4. The molecule has 0 spiro atoms. The molecule has 0 bridgehead atoms. The lowest BCUT2D eigenvalue weighted by Gasteiger charge is -2.10. The van der Waals surface area contributed by atoms with Gasteiger partial charge in [-0.05, 0) is 26.2 Å². The molecule has 0 saturated heterocycles. The summed E-state index contributed by atoms with van der Waals surface area (Å²) < 4.78 is 1.98. The Hall–Kier alpha value is -1.86. The van der Waals surface area contributed by atoms with E-state index in [-0.39, 0.29) is 0 Å². The maximum Gasteiger partial charge on any atom is 0.142 e. The molecule has 0 N–H and O–H groups in total. The maximum absolute atomic E-state index is 8.98. The zero-order valence-electron chi connectivity index (χ0n) is 8.81. The van der Waals surface area contributed by atoms with Gasteiger partial charge >= 0.3 is 0 Å². The normalized spacial score (nSPS) is 10.8. The maximum atomic E-state index is 8.98. The summed E-state index contributed by atoms with van der Waals surface area (Å²) >= 11 is 0. The molecular weight excluding hydrogens is 188 g/mol. The van der Waals surface area contributed by atoms with Crippen molar-refractivity contribution in [3.63, 3.8) is 0 Å². The van der Waals surface area contributed by atoms with Crippen LogP contribution in [0.2, 0.25) is 0 Å². The Bertz CT molecular complexity index is 519. The molecule has 2 heterocycles. The topological polar surface area (TPSA) is 44.9 Å². The number of hydrogen-bond acceptors (Lipinski definition) is 3. The third kappa shape index (κ3) is 1.69. The molecule has 0 aliphatic carbocycles. The summed E-state index contributed by atoms with van der Waals surface area (Å²) in [6, 6.07) is 5.96. The van der Waals surface area contributed by atoms with Gasteiger partial charge in [-0.25, -0.2) is 4.98 Å². The molecule has 15 heavy (non-hydrogen) atoms. The van der Waals surface area contributed by atoms with Crippen LogP contribution >= 0.6 is 0 Å². The van der Waals surface area contributed by atoms with E-state index in [2.05, 4.69) is 11.1 Å². The van der Waals surface area contributed by atoms with E-state index in [1.807, 2.05) is 41.9 Å². The summed E-state index contributed by atoms with van der Waals surface area (Å²) in [5.41, 5.74) is 1.54. The number of nitriles is 1. The molecule has 76 valence electrons. The summed E-state index contributed by atoms with van der Waals surface area (Å²) in [6.07, 6.45) is 3.59. The third-order valence-corrected chi connectivity index (χ3v) is 2.19. The number of fused-ring (bicyclic) bond motifs is 1. The van der Waals surface area contributed by atoms with Crippen molar-refractivity contribution in [2.45, 2.75) is 6.67 Å². The van der Waals surface area contributed by atoms with Crippen molar-refractivity contribution in [1.29, 1.82) is 5.26 Å². The van der Waals surface area contributed by atoms with Gasteiger partial charge in [0, 0.05) is 17.8 Å². The molecule has 0 saturated carbocycles. The first kappa shape index (κ1) is 9.69. The summed E-state index contributed by atoms with van der Waals surface area (Å²) in [6.45, 7) is 0.731. The first-order valence-corrected chi connectivity index (χ1v) is 4.71. The molecule has 0 fully saturated rings. The average Bonchev–Trinajstić information content (AvgIpc) is 2.56. The number of nitrogens with zero attached hydrogens (tertiary/aromatic N) is 4. The van der Waals surface area contributed by atoms with Crippen molar-refractivity contribution >= 4 is 11.0 Å². The largest absolute Gasteiger partial charge is 0.318 e. The second-order valence-electron chi connectivity index (χ2n) is 3.72. The van der Waals surface area contributed by atoms with Crippen molar-refractivity contribution in [3.05, 3.63) is 30.1 Å². The van der Waals surface area contributed by atoms with Crippen LogP contribution in [-0.4, -0.2) is 28.5 Å². The van der Waals surface area contributed by atoms with E-state index in [1.165, 1.54) is 0 Å². The minimum atomic E-state index is 0.681. The highest BCUT2D eigenvalue weighted by Gasteiger charge is 2.08. The predicted molar refractivity (Wildman–Crippen MR) is 58.1 cm³/mol. The van der Waals surface area contributed by atoms with Gasteiger partial charge in [0.25, 0.3) is 0 Å². The van der Waals surface area contributed by atoms with Gasteiger partial charge in [0.1, 0.15) is 11.7 Å². The standard InChI is InChI=1S/C11H12N4/c1-14(2)8-15-7-9(6-12)10-4-3-5-13-11(10)15/h3-5,7H,8H2,1-2H3. The predicted octanol–water partition coefficient (Wildman–Crippen LogP) is 1.43. The summed E-state index contributed by atoms with van der Waals surface area (Å²) in [5.74, 6) is 0. The van der Waals surface area contributed by atoms with Gasteiger partial charge in [-0.15, -0.1) is 0 Å². The van der Waals surface area contributed by atoms with Crippen molar-refractivity contribution in [3.8, 4) is 6.07 Å². The zero-order chi connectivity index (χ0) is 10.8. The van der Waals surface area contributed by atoms with E-state index < -0.39 is 0 Å². The molecule has 4 heteroatoms. The van der Waals surface area contributed by atoms with E-state index in [9.17, 15) is 0 Å². The van der Waals surface area contributed by atoms with Crippen molar-refractivity contribution < 1.29 is 0 Å². The highest BCUT2D eigenvalue weighted by Crippen LogP contribution is 2.18. The van der Waals surface area contributed by atoms with E-state index in [1.54, 1.807) is 6.20 Å². The Kier molecular flexibility index (Phi) is 2.40. The van der Waals surface area contributed by atoms with Crippen LogP contribution in [0.3, 0.4) is 0 Å². The van der Waals surface area contributed by atoms with Crippen LogP contribution in [0.15, 0.2) is 24.5 Å². The van der Waals surface area contributed by atoms with Crippen LogP contribution in [0.25, 0.3) is 11.0 Å². The van der Waals surface area contributed by atoms with E-state index in [0.29, 0.717) is 5.56 Å². The Morgan fingerprint density at radius 2 is 2.33 bits per heavy atom. The molecule has 4 nitrogen and oxygen atoms in total. The smallest absolute Gasteiger partial charge is 0.142 e. The van der Waals surface area contributed by atoms with Gasteiger partial charge in [0.2, 0.25) is 0 Å². The van der Waals surface area contributed by atoms with Crippen LogP contribution in [0.1, 0.15) is 5.56 Å². The third-order valence-electron chi connectivity index (χ3n) is 2.19. The summed E-state index contributed by atoms with van der Waals surface area (Å²) in [4.78, 5) is 6.32. The lowest BCUT2D eigenvalue weighted by molar-refractivity contribution is 0.331. The van der Waals surface area contributed by atoms with Crippen LogP contribution < -0.4 is 0 Å². The highest BCUT2D eigenvalue weighted by atomic mass is 15.2. The molecule has 0 aliphatic rings. The van der Waals surface area contributed by atoms with Crippen molar-refractivity contribution in [2.24, 2.45) is 0 Å². The van der Waals surface area contributed by atoms with Crippen molar-refractivity contribution in [2.75, 3.05) is 14.1 Å². The molecule has 0 amide bonds. The summed E-state index contributed by atoms with van der Waals surface area (Å²) in [7, 11) is 3.97. The van der Waals surface area contributed by atoms with Crippen LogP contribution in [0, 0.1) is 11.3 Å². The number of hydrogen-bond donors (Lipinski definition) is 0. The van der Waals surface area contributed by atoms with Crippen LogP contribution in [-0.2, 0) is 6.67 Å². The fourth-order valence-electron chi connectivity index (χ4n) is 1.62. The highest BCUT2D eigenvalue weighted by molar-refractivity contribution is 5.82. The molecule has 0 radical (unpaired) electrons. The number of aromatic nitrogens is 2. The summed E-state index contributed by atoms with van der Waals surface area (Å²) in [5, 5.41) is 9.90. The van der Waals surface area contributed by atoms with E-state index in [0.717, 1.165) is 17.7 Å². The molecule has 0 aromatic carbocycles. The molecule has 2 aromatic heterocycles. The first-order valence-electron chi connectivity index (χ1n) is 4.71. The second kappa shape index (κ2) is 3.71. The lowest BCUT2D eigenvalue weighted by atomic mass is 10.2. The molecule has 0 aliphatic heterocycles. The Labute approximate surface area is 88.4 Å². The van der Waals surface area contributed by atoms with Crippen LogP contribution in [0.5, 0.6) is 0 Å². The molecule has 2 rings (SSSR count). The minimum Gasteiger partial charge on any atom is -0.318 e. The Balaban J connectivity index is 2.61.